The molecule has 26 heavy (non-hydrogen) atoms. The van der Waals surface area contributed by atoms with Crippen molar-refractivity contribution in [2.75, 3.05) is 5.73 Å². The largest absolute Gasteiger partial charge is 0.508 e. The number of phenolic OH excluding ortho intramolecular Hbond substituents is 1. The zero-order valence-electron chi connectivity index (χ0n) is 13.9. The van der Waals surface area contributed by atoms with Crippen molar-refractivity contribution in [1.29, 1.82) is 5.26 Å². The number of nitrogen functional groups attached to an aromatic ring is 1. The lowest BCUT2D eigenvalue weighted by atomic mass is 9.93. The molecule has 0 radical (unpaired) electrons. The molecule has 0 saturated carbocycles. The number of aromatic nitrogens is 4. The lowest BCUT2D eigenvalue weighted by molar-refractivity contribution is 0.475. The summed E-state index contributed by atoms with van der Waals surface area (Å²) in [7, 11) is 0. The van der Waals surface area contributed by atoms with Gasteiger partial charge in [-0.3, -0.25) is 0 Å². The average molecular weight is 342 g/mol. The van der Waals surface area contributed by atoms with Gasteiger partial charge in [-0.15, -0.1) is 0 Å². The molecule has 1 aromatic carbocycles. The molecule has 3 aromatic heterocycles. The SMILES string of the molecule is Cc1c(-c2ccc(O)cc2)nc(N)c(C#N)c1-c1ccn2ncnc2c1. The second kappa shape index (κ2) is 5.86. The van der Waals surface area contributed by atoms with Gasteiger partial charge in [0.2, 0.25) is 0 Å². The molecule has 7 heteroatoms. The third-order valence-corrected chi connectivity index (χ3v) is 4.29. The van der Waals surface area contributed by atoms with Crippen LogP contribution in [0.2, 0.25) is 0 Å². The lowest BCUT2D eigenvalue weighted by Gasteiger charge is -2.15. The first-order chi connectivity index (χ1) is 12.6. The molecule has 3 heterocycles. The molecular weight excluding hydrogens is 328 g/mol. The topological polar surface area (TPSA) is 113 Å². The Hall–Kier alpha value is -3.92. The van der Waals surface area contributed by atoms with Crippen LogP contribution in [0.15, 0.2) is 48.9 Å². The number of fused-ring (bicyclic) bond motifs is 1. The van der Waals surface area contributed by atoms with Crippen molar-refractivity contribution in [3.8, 4) is 34.2 Å². The van der Waals surface area contributed by atoms with Crippen molar-refractivity contribution in [2.24, 2.45) is 0 Å². The molecule has 0 aliphatic heterocycles. The number of nitriles is 1. The van der Waals surface area contributed by atoms with Gasteiger partial charge in [0.15, 0.2) is 5.65 Å². The number of benzene rings is 1. The Morgan fingerprint density at radius 1 is 1.15 bits per heavy atom. The Balaban J connectivity index is 2.00. The van der Waals surface area contributed by atoms with Crippen molar-refractivity contribution in [1.82, 2.24) is 19.6 Å². The van der Waals surface area contributed by atoms with Crippen LogP contribution >= 0.6 is 0 Å². The molecular formula is C19H14N6O. The number of hydrogen-bond donors (Lipinski definition) is 2. The fourth-order valence-corrected chi connectivity index (χ4v) is 3.04. The van der Waals surface area contributed by atoms with E-state index in [0.717, 1.165) is 16.7 Å². The highest BCUT2D eigenvalue weighted by Gasteiger charge is 2.18. The number of phenols is 1. The van der Waals surface area contributed by atoms with Crippen molar-refractivity contribution in [2.45, 2.75) is 6.92 Å². The van der Waals surface area contributed by atoms with Gasteiger partial charge in [0.25, 0.3) is 0 Å². The standard InChI is InChI=1S/C19H14N6O/c1-11-17(13-6-7-25-16(8-13)22-10-23-25)15(9-20)19(21)24-18(11)12-2-4-14(26)5-3-12/h2-8,10,26H,1H3,(H2,21,24). The van der Waals surface area contributed by atoms with Gasteiger partial charge in [-0.1, -0.05) is 0 Å². The van der Waals surface area contributed by atoms with Crippen LogP contribution in [0, 0.1) is 18.3 Å². The monoisotopic (exact) mass is 342 g/mol. The molecule has 0 amide bonds. The summed E-state index contributed by atoms with van der Waals surface area (Å²) in [5.41, 5.74) is 10.9. The number of pyridine rings is 2. The van der Waals surface area contributed by atoms with Crippen LogP contribution in [0.5, 0.6) is 5.75 Å². The normalized spacial score (nSPS) is 10.8. The van der Waals surface area contributed by atoms with Crippen molar-refractivity contribution < 1.29 is 5.11 Å². The molecule has 0 bridgehead atoms. The Morgan fingerprint density at radius 3 is 2.65 bits per heavy atom. The molecule has 4 aromatic rings. The predicted octanol–water partition coefficient (Wildman–Crippen LogP) is 2.93. The van der Waals surface area contributed by atoms with Gasteiger partial charge < -0.3 is 10.8 Å². The fourth-order valence-electron chi connectivity index (χ4n) is 3.04. The highest BCUT2D eigenvalue weighted by molar-refractivity contribution is 5.85. The summed E-state index contributed by atoms with van der Waals surface area (Å²) >= 11 is 0. The maximum Gasteiger partial charge on any atom is 0.155 e. The van der Waals surface area contributed by atoms with Crippen LogP contribution in [0.4, 0.5) is 5.82 Å². The number of hydrogen-bond acceptors (Lipinski definition) is 6. The highest BCUT2D eigenvalue weighted by atomic mass is 16.3. The van der Waals surface area contributed by atoms with Gasteiger partial charge in [0.05, 0.1) is 5.69 Å². The minimum Gasteiger partial charge on any atom is -0.508 e. The first-order valence-electron chi connectivity index (χ1n) is 7.88. The van der Waals surface area contributed by atoms with Crippen molar-refractivity contribution in [3.63, 3.8) is 0 Å². The van der Waals surface area contributed by atoms with E-state index in [1.807, 2.05) is 19.1 Å². The van der Waals surface area contributed by atoms with Crippen molar-refractivity contribution in [3.05, 3.63) is 60.0 Å². The summed E-state index contributed by atoms with van der Waals surface area (Å²) in [4.78, 5) is 8.62. The number of nitrogens with two attached hydrogens (primary N) is 1. The molecule has 0 atom stereocenters. The zero-order chi connectivity index (χ0) is 18.3. The molecule has 0 unspecified atom stereocenters. The number of anilines is 1. The van der Waals surface area contributed by atoms with E-state index in [9.17, 15) is 10.4 Å². The molecule has 0 spiro atoms. The summed E-state index contributed by atoms with van der Waals surface area (Å²) < 4.78 is 1.65. The second-order valence-electron chi connectivity index (χ2n) is 5.86. The summed E-state index contributed by atoms with van der Waals surface area (Å²) in [6, 6.07) is 12.6. The number of nitrogens with zero attached hydrogens (tertiary/aromatic N) is 5. The van der Waals surface area contributed by atoms with E-state index in [-0.39, 0.29) is 11.6 Å². The molecule has 0 saturated heterocycles. The number of rotatable bonds is 2. The molecule has 7 nitrogen and oxygen atoms in total. The average Bonchev–Trinajstić information content (AvgIpc) is 3.11. The second-order valence-corrected chi connectivity index (χ2v) is 5.86. The van der Waals surface area contributed by atoms with Crippen LogP contribution in [0.3, 0.4) is 0 Å². The minimum absolute atomic E-state index is 0.164. The maximum absolute atomic E-state index is 9.62. The van der Waals surface area contributed by atoms with Crippen LogP contribution in [0.1, 0.15) is 11.1 Å². The van der Waals surface area contributed by atoms with Gasteiger partial charge in [-0.2, -0.15) is 10.4 Å². The van der Waals surface area contributed by atoms with E-state index in [1.54, 1.807) is 35.0 Å². The summed E-state index contributed by atoms with van der Waals surface area (Å²) in [6.45, 7) is 1.90. The van der Waals surface area contributed by atoms with Gasteiger partial charge >= 0.3 is 0 Å². The first-order valence-corrected chi connectivity index (χ1v) is 7.88. The molecule has 3 N–H and O–H groups in total. The maximum atomic E-state index is 9.62. The molecule has 126 valence electrons. The van der Waals surface area contributed by atoms with E-state index in [0.29, 0.717) is 22.5 Å². The van der Waals surface area contributed by atoms with E-state index in [4.69, 9.17) is 5.73 Å². The third-order valence-electron chi connectivity index (χ3n) is 4.29. The summed E-state index contributed by atoms with van der Waals surface area (Å²) in [5, 5.41) is 23.2. The molecule has 0 aliphatic rings. The quantitative estimate of drug-likeness (QED) is 0.579. The number of aromatic hydroxyl groups is 1. The van der Waals surface area contributed by atoms with Gasteiger partial charge in [0.1, 0.15) is 29.5 Å². The Labute approximate surface area is 149 Å². The lowest BCUT2D eigenvalue weighted by Crippen LogP contribution is -2.03. The fraction of sp³-hybridized carbons (Fsp3) is 0.0526. The van der Waals surface area contributed by atoms with E-state index >= 15 is 0 Å². The Bertz CT molecular complexity index is 1170. The van der Waals surface area contributed by atoms with Gasteiger partial charge in [-0.05, 0) is 54.4 Å². The smallest absolute Gasteiger partial charge is 0.155 e. The van der Waals surface area contributed by atoms with Crippen molar-refractivity contribution >= 4 is 11.5 Å². The first kappa shape index (κ1) is 15.6. The molecule has 4 rings (SSSR count). The van der Waals surface area contributed by atoms with Crippen LogP contribution in [-0.2, 0) is 0 Å². The van der Waals surface area contributed by atoms with E-state index in [2.05, 4.69) is 21.1 Å². The van der Waals surface area contributed by atoms with Crippen LogP contribution in [0.25, 0.3) is 28.0 Å². The van der Waals surface area contributed by atoms with E-state index < -0.39 is 0 Å². The Kier molecular flexibility index (Phi) is 3.52. The van der Waals surface area contributed by atoms with Crippen LogP contribution < -0.4 is 5.73 Å². The highest BCUT2D eigenvalue weighted by Crippen LogP contribution is 2.36. The predicted molar refractivity (Wildman–Crippen MR) is 97.2 cm³/mol. The Morgan fingerprint density at radius 2 is 1.92 bits per heavy atom. The van der Waals surface area contributed by atoms with Crippen LogP contribution in [-0.4, -0.2) is 24.7 Å². The van der Waals surface area contributed by atoms with E-state index in [1.165, 1.54) is 6.33 Å². The molecule has 0 aliphatic carbocycles. The minimum atomic E-state index is 0.164. The zero-order valence-corrected chi connectivity index (χ0v) is 13.9. The third kappa shape index (κ3) is 2.41. The molecule has 0 fully saturated rings. The van der Waals surface area contributed by atoms with Gasteiger partial charge in [-0.25, -0.2) is 14.5 Å². The summed E-state index contributed by atoms with van der Waals surface area (Å²) in [5.74, 6) is 0.336. The van der Waals surface area contributed by atoms with Gasteiger partial charge in [0, 0.05) is 17.3 Å². The summed E-state index contributed by atoms with van der Waals surface area (Å²) in [6.07, 6.45) is 3.26.